The molecule has 1 atom stereocenters. The van der Waals surface area contributed by atoms with E-state index in [1.807, 2.05) is 62.4 Å². The molecule has 1 aliphatic rings. The van der Waals surface area contributed by atoms with E-state index in [0.29, 0.717) is 26.6 Å². The summed E-state index contributed by atoms with van der Waals surface area (Å²) in [5.74, 6) is 0.890. The number of aryl methyl sites for hydroxylation is 2. The number of aliphatic imine (C=N–C) groups is 1. The van der Waals surface area contributed by atoms with E-state index in [1.165, 1.54) is 22.9 Å². The van der Waals surface area contributed by atoms with Gasteiger partial charge in [-0.2, -0.15) is 0 Å². The minimum Gasteiger partial charge on any atom is -0.493 e. The first-order valence-corrected chi connectivity index (χ1v) is 14.1. The molecule has 3 aromatic carbocycles. The smallest absolute Gasteiger partial charge is 0.271 e. The van der Waals surface area contributed by atoms with Crippen molar-refractivity contribution >= 4 is 51.9 Å². The lowest BCUT2D eigenvalue weighted by Crippen LogP contribution is -2.28. The van der Waals surface area contributed by atoms with Crippen LogP contribution in [-0.2, 0) is 17.6 Å². The molecule has 198 valence electrons. The molecular formula is C31H33ClN2O3S. The lowest BCUT2D eigenvalue weighted by molar-refractivity contribution is -0.113. The maximum atomic E-state index is 13.7. The lowest BCUT2D eigenvalue weighted by atomic mass is 10.1. The van der Waals surface area contributed by atoms with Crippen LogP contribution in [0.5, 0.6) is 11.5 Å². The number of benzene rings is 3. The molecule has 1 amide bonds. The Kier molecular flexibility index (Phi) is 9.18. The molecule has 5 nitrogen and oxygen atoms in total. The van der Waals surface area contributed by atoms with Crippen molar-refractivity contribution in [2.24, 2.45) is 4.99 Å². The Hall–Kier alpha value is -3.22. The second-order valence-electron chi connectivity index (χ2n) is 9.06. The molecule has 0 aromatic heterocycles. The summed E-state index contributed by atoms with van der Waals surface area (Å²) in [4.78, 5) is 20.8. The quantitative estimate of drug-likeness (QED) is 0.252. The maximum Gasteiger partial charge on any atom is 0.271 e. The normalized spacial score (nSPS) is 16.4. The van der Waals surface area contributed by atoms with Crippen LogP contribution in [0.25, 0.3) is 6.08 Å². The van der Waals surface area contributed by atoms with E-state index in [4.69, 9.17) is 26.1 Å². The van der Waals surface area contributed by atoms with Crippen molar-refractivity contribution in [3.63, 3.8) is 0 Å². The highest BCUT2D eigenvalue weighted by Gasteiger charge is 2.35. The Labute approximate surface area is 234 Å². The van der Waals surface area contributed by atoms with Crippen molar-refractivity contribution < 1.29 is 14.3 Å². The fourth-order valence-electron chi connectivity index (χ4n) is 3.95. The zero-order chi connectivity index (χ0) is 27.2. The zero-order valence-electron chi connectivity index (χ0n) is 22.5. The molecule has 38 heavy (non-hydrogen) atoms. The van der Waals surface area contributed by atoms with Gasteiger partial charge in [0.05, 0.1) is 34.5 Å². The summed E-state index contributed by atoms with van der Waals surface area (Å²) in [6.07, 6.45) is 4.55. The summed E-state index contributed by atoms with van der Waals surface area (Å²) >= 11 is 7.93. The third-order valence-electron chi connectivity index (χ3n) is 6.42. The largest absolute Gasteiger partial charge is 0.493 e. The highest BCUT2D eigenvalue weighted by Crippen LogP contribution is 2.41. The number of thioether (sulfide) groups is 1. The van der Waals surface area contributed by atoms with Crippen LogP contribution >= 0.6 is 23.4 Å². The SMILES string of the molecule is CCc1ccc(N=C2S/C(=C\c3cc(Cl)c(O[C@H](C)CC)c(OC)c3)C(=O)N2c2ccc(CC)cc2)cc1. The highest BCUT2D eigenvalue weighted by atomic mass is 35.5. The van der Waals surface area contributed by atoms with Gasteiger partial charge in [-0.1, -0.05) is 56.6 Å². The first-order chi connectivity index (χ1) is 18.4. The Morgan fingerprint density at radius 1 is 1.00 bits per heavy atom. The van der Waals surface area contributed by atoms with Gasteiger partial charge >= 0.3 is 0 Å². The number of rotatable bonds is 9. The number of amidine groups is 1. The van der Waals surface area contributed by atoms with Crippen molar-refractivity contribution in [3.8, 4) is 11.5 Å². The van der Waals surface area contributed by atoms with Crippen molar-refractivity contribution in [1.82, 2.24) is 0 Å². The number of carbonyl (C=O) groups is 1. The third-order valence-corrected chi connectivity index (χ3v) is 7.67. The van der Waals surface area contributed by atoms with Gasteiger partial charge in [0.15, 0.2) is 16.7 Å². The fraction of sp³-hybridized carbons (Fsp3) is 0.290. The van der Waals surface area contributed by atoms with Crippen molar-refractivity contribution in [1.29, 1.82) is 0 Å². The predicted octanol–water partition coefficient (Wildman–Crippen LogP) is 8.46. The number of nitrogens with zero attached hydrogens (tertiary/aromatic N) is 2. The molecule has 0 bridgehead atoms. The van der Waals surface area contributed by atoms with Gasteiger partial charge in [0.1, 0.15) is 0 Å². The molecule has 3 aromatic rings. The number of halogens is 1. The number of amides is 1. The lowest BCUT2D eigenvalue weighted by Gasteiger charge is -2.17. The molecule has 0 saturated carbocycles. The van der Waals surface area contributed by atoms with E-state index in [0.717, 1.165) is 36.2 Å². The van der Waals surface area contributed by atoms with E-state index in [2.05, 4.69) is 26.0 Å². The third kappa shape index (κ3) is 6.25. The molecule has 7 heteroatoms. The molecule has 0 unspecified atom stereocenters. The summed E-state index contributed by atoms with van der Waals surface area (Å²) in [6, 6.07) is 19.8. The summed E-state index contributed by atoms with van der Waals surface area (Å²) in [6.45, 7) is 8.26. The Bertz CT molecular complexity index is 1350. The number of methoxy groups -OCH3 is 1. The van der Waals surface area contributed by atoms with Crippen LogP contribution in [0.15, 0.2) is 70.6 Å². The topological polar surface area (TPSA) is 51.1 Å². The number of hydrogen-bond donors (Lipinski definition) is 0. The van der Waals surface area contributed by atoms with Crippen LogP contribution in [-0.4, -0.2) is 24.3 Å². The number of hydrogen-bond acceptors (Lipinski definition) is 5. The van der Waals surface area contributed by atoms with Crippen molar-refractivity contribution in [2.75, 3.05) is 12.0 Å². The maximum absolute atomic E-state index is 13.7. The van der Waals surface area contributed by atoms with Gasteiger partial charge in [0.25, 0.3) is 5.91 Å². The molecular weight excluding hydrogens is 516 g/mol. The van der Waals surface area contributed by atoms with E-state index in [9.17, 15) is 4.79 Å². The van der Waals surface area contributed by atoms with Crippen LogP contribution in [0.3, 0.4) is 0 Å². The molecule has 1 aliphatic heterocycles. The molecule has 1 heterocycles. The van der Waals surface area contributed by atoms with E-state index >= 15 is 0 Å². The van der Waals surface area contributed by atoms with Gasteiger partial charge in [-0.05, 0) is 97.1 Å². The molecule has 1 saturated heterocycles. The number of anilines is 1. The monoisotopic (exact) mass is 548 g/mol. The molecule has 4 rings (SSSR count). The molecule has 0 spiro atoms. The zero-order valence-corrected chi connectivity index (χ0v) is 24.0. The Morgan fingerprint density at radius 2 is 1.63 bits per heavy atom. The second-order valence-corrected chi connectivity index (χ2v) is 10.5. The van der Waals surface area contributed by atoms with E-state index < -0.39 is 0 Å². The summed E-state index contributed by atoms with van der Waals surface area (Å²) in [5.41, 5.74) is 4.77. The van der Waals surface area contributed by atoms with Crippen LogP contribution in [0.4, 0.5) is 11.4 Å². The molecule has 1 fully saturated rings. The predicted molar refractivity (Wildman–Crippen MR) is 160 cm³/mol. The van der Waals surface area contributed by atoms with Gasteiger partial charge in [0, 0.05) is 0 Å². The number of ether oxygens (including phenoxy) is 2. The van der Waals surface area contributed by atoms with Crippen molar-refractivity contribution in [2.45, 2.75) is 53.1 Å². The minimum absolute atomic E-state index is 0.00427. The first-order valence-electron chi connectivity index (χ1n) is 12.9. The second kappa shape index (κ2) is 12.5. The molecule has 0 N–H and O–H groups in total. The standard InChI is InChI=1S/C31H33ClN2O3S/c1-6-20(4)37-29-26(32)17-23(18-27(29)36-5)19-28-30(35)34(25-15-11-22(8-3)12-16-25)31(38-28)33-24-13-9-21(7-2)10-14-24/h9-20H,6-8H2,1-5H3/b28-19-,33-31?/t20-/m1/s1. The van der Waals surface area contributed by atoms with Gasteiger partial charge in [-0.25, -0.2) is 4.99 Å². The van der Waals surface area contributed by atoms with Crippen molar-refractivity contribution in [3.05, 3.63) is 87.3 Å². The molecule has 0 aliphatic carbocycles. The van der Waals surface area contributed by atoms with Crippen LogP contribution in [0.1, 0.15) is 50.8 Å². The van der Waals surface area contributed by atoms with Crippen LogP contribution in [0.2, 0.25) is 5.02 Å². The summed E-state index contributed by atoms with van der Waals surface area (Å²) in [5, 5.41) is 1.04. The average Bonchev–Trinajstić information content (AvgIpc) is 3.24. The number of carbonyl (C=O) groups excluding carboxylic acids is 1. The van der Waals surface area contributed by atoms with Gasteiger partial charge in [0.2, 0.25) is 0 Å². The first kappa shape index (κ1) is 27.8. The van der Waals surface area contributed by atoms with Gasteiger partial charge in [-0.15, -0.1) is 0 Å². The Balaban J connectivity index is 1.74. The minimum atomic E-state index is -0.141. The highest BCUT2D eigenvalue weighted by molar-refractivity contribution is 8.19. The van der Waals surface area contributed by atoms with Crippen LogP contribution < -0.4 is 14.4 Å². The Morgan fingerprint density at radius 3 is 2.21 bits per heavy atom. The summed E-state index contributed by atoms with van der Waals surface area (Å²) < 4.78 is 11.5. The fourth-order valence-corrected chi connectivity index (χ4v) is 5.21. The molecule has 0 radical (unpaired) electrons. The van der Waals surface area contributed by atoms with Gasteiger partial charge < -0.3 is 9.47 Å². The summed E-state index contributed by atoms with van der Waals surface area (Å²) in [7, 11) is 1.58. The average molecular weight is 549 g/mol. The van der Waals surface area contributed by atoms with Gasteiger partial charge in [-0.3, -0.25) is 9.69 Å². The van der Waals surface area contributed by atoms with E-state index in [-0.39, 0.29) is 12.0 Å². The van der Waals surface area contributed by atoms with Crippen LogP contribution in [0, 0.1) is 0 Å². The van der Waals surface area contributed by atoms with E-state index in [1.54, 1.807) is 18.1 Å².